The predicted octanol–water partition coefficient (Wildman–Crippen LogP) is 0.880. The Balaban J connectivity index is 2.47. The van der Waals surface area contributed by atoms with Gasteiger partial charge in [0.25, 0.3) is 0 Å². The molecule has 0 aliphatic heterocycles. The van der Waals surface area contributed by atoms with Gasteiger partial charge in [-0.2, -0.15) is 0 Å². The summed E-state index contributed by atoms with van der Waals surface area (Å²) < 4.78 is 0. The minimum Gasteiger partial charge on any atom is -0.480 e. The summed E-state index contributed by atoms with van der Waals surface area (Å²) in [6.07, 6.45) is 0. The van der Waals surface area contributed by atoms with E-state index in [1.807, 2.05) is 49.2 Å². The molecule has 0 aliphatic carbocycles. The van der Waals surface area contributed by atoms with Gasteiger partial charge in [-0.15, -0.1) is 0 Å². The van der Waals surface area contributed by atoms with E-state index < -0.39 is 5.97 Å². The third-order valence-corrected chi connectivity index (χ3v) is 2.77. The molecule has 5 heteroatoms. The molecular formula is C13H18N2O3. The molecule has 0 heterocycles. The van der Waals surface area contributed by atoms with Gasteiger partial charge in [-0.3, -0.25) is 14.5 Å². The van der Waals surface area contributed by atoms with Crippen LogP contribution in [0.1, 0.15) is 18.5 Å². The minimum atomic E-state index is -1.04. The molecule has 1 unspecified atom stereocenters. The fourth-order valence-electron chi connectivity index (χ4n) is 1.58. The fourth-order valence-corrected chi connectivity index (χ4v) is 1.58. The zero-order chi connectivity index (χ0) is 13.5. The highest BCUT2D eigenvalue weighted by Crippen LogP contribution is 2.17. The summed E-state index contributed by atoms with van der Waals surface area (Å²) in [5.41, 5.74) is 1.12. The van der Waals surface area contributed by atoms with Crippen molar-refractivity contribution in [1.82, 2.24) is 10.2 Å². The lowest BCUT2D eigenvalue weighted by molar-refractivity contribution is -0.138. The Hall–Kier alpha value is -1.88. The molecule has 1 rings (SSSR count). The van der Waals surface area contributed by atoms with Crippen LogP contribution < -0.4 is 5.32 Å². The average molecular weight is 250 g/mol. The Morgan fingerprint density at radius 1 is 1.33 bits per heavy atom. The van der Waals surface area contributed by atoms with Gasteiger partial charge < -0.3 is 10.4 Å². The lowest BCUT2D eigenvalue weighted by Crippen LogP contribution is -2.38. The van der Waals surface area contributed by atoms with Crippen LogP contribution >= 0.6 is 0 Å². The van der Waals surface area contributed by atoms with Crippen LogP contribution in [0.4, 0.5) is 0 Å². The lowest BCUT2D eigenvalue weighted by atomic mass is 10.1. The number of nitrogens with one attached hydrogen (secondary N) is 1. The van der Waals surface area contributed by atoms with E-state index in [-0.39, 0.29) is 25.0 Å². The number of rotatable bonds is 6. The summed E-state index contributed by atoms with van der Waals surface area (Å²) in [5, 5.41) is 10.8. The molecule has 1 amide bonds. The van der Waals surface area contributed by atoms with Gasteiger partial charge in [0.15, 0.2) is 0 Å². The highest BCUT2D eigenvalue weighted by Gasteiger charge is 2.14. The third kappa shape index (κ3) is 4.55. The molecule has 0 fully saturated rings. The van der Waals surface area contributed by atoms with E-state index in [1.54, 1.807) is 0 Å². The van der Waals surface area contributed by atoms with E-state index >= 15 is 0 Å². The van der Waals surface area contributed by atoms with Crippen molar-refractivity contribution in [2.75, 3.05) is 20.1 Å². The molecule has 0 aliphatic rings. The first-order valence-electron chi connectivity index (χ1n) is 5.74. The smallest absolute Gasteiger partial charge is 0.322 e. The van der Waals surface area contributed by atoms with Gasteiger partial charge in [-0.25, -0.2) is 0 Å². The molecule has 18 heavy (non-hydrogen) atoms. The second-order valence-corrected chi connectivity index (χ2v) is 4.17. The molecule has 1 atom stereocenters. The Kier molecular flexibility index (Phi) is 5.32. The summed E-state index contributed by atoms with van der Waals surface area (Å²) in [7, 11) is 1.83. The van der Waals surface area contributed by atoms with Crippen molar-refractivity contribution in [3.8, 4) is 0 Å². The van der Waals surface area contributed by atoms with Gasteiger partial charge in [0.2, 0.25) is 5.91 Å². The number of aliphatic carboxylic acids is 1. The summed E-state index contributed by atoms with van der Waals surface area (Å²) in [4.78, 5) is 23.7. The van der Waals surface area contributed by atoms with E-state index in [1.165, 1.54) is 0 Å². The van der Waals surface area contributed by atoms with Crippen LogP contribution in [0.2, 0.25) is 0 Å². The first-order valence-corrected chi connectivity index (χ1v) is 5.74. The maximum Gasteiger partial charge on any atom is 0.322 e. The van der Waals surface area contributed by atoms with E-state index in [2.05, 4.69) is 5.32 Å². The van der Waals surface area contributed by atoms with Gasteiger partial charge in [0.05, 0.1) is 6.54 Å². The maximum atomic E-state index is 11.5. The molecule has 0 radical (unpaired) electrons. The van der Waals surface area contributed by atoms with Gasteiger partial charge in [-0.05, 0) is 19.5 Å². The van der Waals surface area contributed by atoms with Crippen LogP contribution in [-0.2, 0) is 9.59 Å². The van der Waals surface area contributed by atoms with Crippen LogP contribution in [-0.4, -0.2) is 42.0 Å². The van der Waals surface area contributed by atoms with Crippen molar-refractivity contribution < 1.29 is 14.7 Å². The standard InChI is InChI=1S/C13H18N2O3/c1-10(11-6-4-3-5-7-11)15(2)9-12(16)14-8-13(17)18/h3-7,10H,8-9H2,1-2H3,(H,14,16)(H,17,18). The van der Waals surface area contributed by atoms with E-state index in [4.69, 9.17) is 5.11 Å². The number of carbonyl (C=O) groups excluding carboxylic acids is 1. The zero-order valence-electron chi connectivity index (χ0n) is 10.6. The van der Waals surface area contributed by atoms with Crippen molar-refractivity contribution in [2.45, 2.75) is 13.0 Å². The molecular weight excluding hydrogens is 232 g/mol. The van der Waals surface area contributed by atoms with Gasteiger partial charge >= 0.3 is 5.97 Å². The summed E-state index contributed by atoms with van der Waals surface area (Å²) in [6, 6.07) is 9.93. The van der Waals surface area contributed by atoms with Crippen LogP contribution in [0.15, 0.2) is 30.3 Å². The summed E-state index contributed by atoms with van der Waals surface area (Å²) in [6.45, 7) is 1.83. The minimum absolute atomic E-state index is 0.0989. The van der Waals surface area contributed by atoms with Crippen molar-refractivity contribution in [3.63, 3.8) is 0 Å². The Bertz CT molecular complexity index is 406. The van der Waals surface area contributed by atoms with Gasteiger partial charge in [-0.1, -0.05) is 30.3 Å². The Morgan fingerprint density at radius 3 is 2.50 bits per heavy atom. The number of hydrogen-bond acceptors (Lipinski definition) is 3. The van der Waals surface area contributed by atoms with Gasteiger partial charge in [0, 0.05) is 6.04 Å². The van der Waals surface area contributed by atoms with Crippen molar-refractivity contribution in [1.29, 1.82) is 0 Å². The normalized spacial score (nSPS) is 12.2. The lowest BCUT2D eigenvalue weighted by Gasteiger charge is -2.24. The SMILES string of the molecule is CC(c1ccccc1)N(C)CC(=O)NCC(=O)O. The van der Waals surface area contributed by atoms with E-state index in [9.17, 15) is 9.59 Å². The summed E-state index contributed by atoms with van der Waals surface area (Å²) >= 11 is 0. The number of benzene rings is 1. The topological polar surface area (TPSA) is 69.6 Å². The number of carbonyl (C=O) groups is 2. The molecule has 2 N–H and O–H groups in total. The van der Waals surface area contributed by atoms with Gasteiger partial charge in [0.1, 0.15) is 6.54 Å². The quantitative estimate of drug-likeness (QED) is 0.786. The van der Waals surface area contributed by atoms with Crippen molar-refractivity contribution in [2.24, 2.45) is 0 Å². The first-order chi connectivity index (χ1) is 8.50. The van der Waals surface area contributed by atoms with E-state index in [0.29, 0.717) is 0 Å². The second kappa shape index (κ2) is 6.76. The first kappa shape index (κ1) is 14.2. The number of nitrogens with zero attached hydrogens (tertiary/aromatic N) is 1. The van der Waals surface area contributed by atoms with Crippen LogP contribution in [0.25, 0.3) is 0 Å². The van der Waals surface area contributed by atoms with Crippen LogP contribution in [0.3, 0.4) is 0 Å². The van der Waals surface area contributed by atoms with Crippen molar-refractivity contribution in [3.05, 3.63) is 35.9 Å². The molecule has 5 nitrogen and oxygen atoms in total. The van der Waals surface area contributed by atoms with Crippen molar-refractivity contribution >= 4 is 11.9 Å². The molecule has 0 bridgehead atoms. The van der Waals surface area contributed by atoms with Crippen LogP contribution in [0.5, 0.6) is 0 Å². The fraction of sp³-hybridized carbons (Fsp3) is 0.385. The van der Waals surface area contributed by atoms with E-state index in [0.717, 1.165) is 5.56 Å². The highest BCUT2D eigenvalue weighted by molar-refractivity contribution is 5.82. The summed E-state index contributed by atoms with van der Waals surface area (Å²) in [5.74, 6) is -1.33. The third-order valence-electron chi connectivity index (χ3n) is 2.77. The number of carboxylic acids is 1. The van der Waals surface area contributed by atoms with Crippen LogP contribution in [0, 0.1) is 0 Å². The number of amides is 1. The molecule has 1 aromatic carbocycles. The number of likely N-dealkylation sites (N-methyl/N-ethyl adjacent to an activating group) is 1. The number of hydrogen-bond donors (Lipinski definition) is 2. The molecule has 0 aromatic heterocycles. The molecule has 1 aromatic rings. The largest absolute Gasteiger partial charge is 0.480 e. The molecule has 0 saturated heterocycles. The number of carboxylic acid groups (broad SMARTS) is 1. The molecule has 0 saturated carbocycles. The monoisotopic (exact) mass is 250 g/mol. The predicted molar refractivity (Wildman–Crippen MR) is 68.1 cm³/mol. The second-order valence-electron chi connectivity index (χ2n) is 4.17. The molecule has 98 valence electrons. The molecule has 0 spiro atoms. The zero-order valence-corrected chi connectivity index (χ0v) is 10.6. The Morgan fingerprint density at radius 2 is 1.94 bits per heavy atom. The Labute approximate surface area is 106 Å². The average Bonchev–Trinajstić information content (AvgIpc) is 2.36. The highest BCUT2D eigenvalue weighted by atomic mass is 16.4. The maximum absolute atomic E-state index is 11.5.